The number of sulfone groups is 1. The average Bonchev–Trinajstić information content (AvgIpc) is 2.35. The predicted molar refractivity (Wildman–Crippen MR) is 66.9 cm³/mol. The largest absolute Gasteiger partial charge is 0.497 e. The van der Waals surface area contributed by atoms with Crippen molar-refractivity contribution in [2.45, 2.75) is 11.3 Å². The summed E-state index contributed by atoms with van der Waals surface area (Å²) in [5, 5.41) is 0. The fourth-order valence-electron chi connectivity index (χ4n) is 1.38. The molecular formula is C11H15ClO4S. The minimum atomic E-state index is -3.39. The molecule has 0 heterocycles. The maximum atomic E-state index is 12.0. The van der Waals surface area contributed by atoms with Gasteiger partial charge in [-0.3, -0.25) is 0 Å². The van der Waals surface area contributed by atoms with E-state index in [2.05, 4.69) is 0 Å². The van der Waals surface area contributed by atoms with Crippen LogP contribution in [0.1, 0.15) is 6.42 Å². The third-order valence-electron chi connectivity index (χ3n) is 2.25. The molecule has 0 atom stereocenters. The highest BCUT2D eigenvalue weighted by Gasteiger charge is 2.20. The molecule has 6 heteroatoms. The van der Waals surface area contributed by atoms with Crippen LogP contribution in [0.2, 0.25) is 0 Å². The summed E-state index contributed by atoms with van der Waals surface area (Å²) in [5.74, 6) is 1.11. The first-order valence-electron chi connectivity index (χ1n) is 5.06. The van der Waals surface area contributed by atoms with Gasteiger partial charge in [-0.1, -0.05) is 0 Å². The van der Waals surface area contributed by atoms with E-state index in [9.17, 15) is 8.42 Å². The van der Waals surface area contributed by atoms with E-state index in [-0.39, 0.29) is 10.6 Å². The van der Waals surface area contributed by atoms with E-state index < -0.39 is 9.84 Å². The van der Waals surface area contributed by atoms with Crippen molar-refractivity contribution >= 4 is 21.4 Å². The zero-order valence-electron chi connectivity index (χ0n) is 9.77. The van der Waals surface area contributed by atoms with Crippen LogP contribution >= 0.6 is 11.6 Å². The fourth-order valence-corrected chi connectivity index (χ4v) is 3.17. The number of methoxy groups -OCH3 is 2. The number of rotatable bonds is 6. The molecule has 1 aromatic rings. The summed E-state index contributed by atoms with van der Waals surface area (Å²) in [5.41, 5.74) is 0. The predicted octanol–water partition coefficient (Wildman–Crippen LogP) is 2.11. The highest BCUT2D eigenvalue weighted by Crippen LogP contribution is 2.29. The van der Waals surface area contributed by atoms with Crippen LogP contribution < -0.4 is 9.47 Å². The maximum Gasteiger partial charge on any atom is 0.182 e. The van der Waals surface area contributed by atoms with Gasteiger partial charge in [0.2, 0.25) is 0 Å². The molecule has 0 spiro atoms. The molecule has 0 fully saturated rings. The third-order valence-corrected chi connectivity index (χ3v) is 4.34. The van der Waals surface area contributed by atoms with Crippen LogP contribution in [0, 0.1) is 0 Å². The smallest absolute Gasteiger partial charge is 0.182 e. The first kappa shape index (κ1) is 14.1. The Morgan fingerprint density at radius 2 is 1.94 bits per heavy atom. The summed E-state index contributed by atoms with van der Waals surface area (Å²) >= 11 is 5.51. The molecule has 0 saturated carbocycles. The van der Waals surface area contributed by atoms with Gasteiger partial charge in [0.15, 0.2) is 9.84 Å². The molecule has 4 nitrogen and oxygen atoms in total. The van der Waals surface area contributed by atoms with E-state index in [4.69, 9.17) is 21.1 Å². The average molecular weight is 279 g/mol. The zero-order chi connectivity index (χ0) is 12.9. The quantitative estimate of drug-likeness (QED) is 0.748. The molecule has 0 aliphatic rings. The Hall–Kier alpha value is -0.940. The molecule has 96 valence electrons. The Bertz CT molecular complexity index is 470. The van der Waals surface area contributed by atoms with Gasteiger partial charge in [0.25, 0.3) is 0 Å². The summed E-state index contributed by atoms with van der Waals surface area (Å²) in [7, 11) is -0.471. The molecule has 0 saturated heterocycles. The van der Waals surface area contributed by atoms with Crippen LogP contribution in [0.4, 0.5) is 0 Å². The van der Waals surface area contributed by atoms with Crippen molar-refractivity contribution in [3.8, 4) is 11.5 Å². The van der Waals surface area contributed by atoms with Gasteiger partial charge < -0.3 is 9.47 Å². The van der Waals surface area contributed by atoms with Crippen molar-refractivity contribution < 1.29 is 17.9 Å². The molecule has 0 aliphatic carbocycles. The Balaban J connectivity index is 3.17. The van der Waals surface area contributed by atoms with E-state index in [1.165, 1.54) is 20.3 Å². The number of ether oxygens (including phenoxy) is 2. The second-order valence-electron chi connectivity index (χ2n) is 3.38. The first-order chi connectivity index (χ1) is 8.05. The topological polar surface area (TPSA) is 52.6 Å². The third kappa shape index (κ3) is 3.51. The molecule has 0 aliphatic heterocycles. The van der Waals surface area contributed by atoms with Gasteiger partial charge in [0.05, 0.1) is 20.0 Å². The molecule has 0 aromatic heterocycles. The summed E-state index contributed by atoms with van der Waals surface area (Å²) in [6.07, 6.45) is 0.407. The lowest BCUT2D eigenvalue weighted by Gasteiger charge is -2.10. The fraction of sp³-hybridized carbons (Fsp3) is 0.455. The summed E-state index contributed by atoms with van der Waals surface area (Å²) < 4.78 is 34.1. The summed E-state index contributed by atoms with van der Waals surface area (Å²) in [6, 6.07) is 4.69. The highest BCUT2D eigenvalue weighted by atomic mass is 35.5. The molecule has 0 bridgehead atoms. The minimum absolute atomic E-state index is 0.0000274. The van der Waals surface area contributed by atoms with E-state index in [1.807, 2.05) is 0 Å². The Labute approximate surface area is 106 Å². The molecular weight excluding hydrogens is 264 g/mol. The van der Waals surface area contributed by atoms with Crippen molar-refractivity contribution in [1.82, 2.24) is 0 Å². The Kier molecular flexibility index (Phi) is 5.08. The van der Waals surface area contributed by atoms with Crippen LogP contribution in [0.5, 0.6) is 11.5 Å². The van der Waals surface area contributed by atoms with Gasteiger partial charge in [-0.2, -0.15) is 0 Å². The van der Waals surface area contributed by atoms with Crippen LogP contribution in [0.15, 0.2) is 23.1 Å². The van der Waals surface area contributed by atoms with Crippen molar-refractivity contribution in [1.29, 1.82) is 0 Å². The number of hydrogen-bond acceptors (Lipinski definition) is 4. The van der Waals surface area contributed by atoms with E-state index in [1.54, 1.807) is 12.1 Å². The zero-order valence-corrected chi connectivity index (χ0v) is 11.3. The molecule has 0 radical (unpaired) electrons. The summed E-state index contributed by atoms with van der Waals surface area (Å²) in [6.45, 7) is 0. The lowest BCUT2D eigenvalue weighted by Crippen LogP contribution is -2.09. The number of benzene rings is 1. The Morgan fingerprint density at radius 1 is 1.24 bits per heavy atom. The second kappa shape index (κ2) is 6.12. The minimum Gasteiger partial charge on any atom is -0.497 e. The molecule has 1 aromatic carbocycles. The van der Waals surface area contributed by atoms with Gasteiger partial charge in [-0.25, -0.2) is 8.42 Å². The van der Waals surface area contributed by atoms with Crippen molar-refractivity contribution in [2.24, 2.45) is 0 Å². The standard InChI is InChI=1S/C11H15ClO4S/c1-15-9-4-5-10(16-2)11(8-9)17(13,14)7-3-6-12/h4-5,8H,3,6-7H2,1-2H3. The van der Waals surface area contributed by atoms with Gasteiger partial charge >= 0.3 is 0 Å². The Morgan fingerprint density at radius 3 is 2.47 bits per heavy atom. The van der Waals surface area contributed by atoms with Crippen molar-refractivity contribution in [3.63, 3.8) is 0 Å². The number of alkyl halides is 1. The van der Waals surface area contributed by atoms with Gasteiger partial charge in [-0.05, 0) is 18.6 Å². The van der Waals surface area contributed by atoms with E-state index >= 15 is 0 Å². The second-order valence-corrected chi connectivity index (χ2v) is 5.83. The molecule has 0 amide bonds. The van der Waals surface area contributed by atoms with Crippen molar-refractivity contribution in [3.05, 3.63) is 18.2 Å². The van der Waals surface area contributed by atoms with E-state index in [0.29, 0.717) is 23.8 Å². The van der Waals surface area contributed by atoms with Crippen LogP contribution in [-0.2, 0) is 9.84 Å². The first-order valence-corrected chi connectivity index (χ1v) is 7.24. The SMILES string of the molecule is COc1ccc(OC)c(S(=O)(=O)CCCCl)c1. The highest BCUT2D eigenvalue weighted by molar-refractivity contribution is 7.91. The van der Waals surface area contributed by atoms with Crippen molar-refractivity contribution in [2.75, 3.05) is 25.9 Å². The molecule has 1 rings (SSSR count). The maximum absolute atomic E-state index is 12.0. The lowest BCUT2D eigenvalue weighted by molar-refractivity contribution is 0.392. The monoisotopic (exact) mass is 278 g/mol. The van der Waals surface area contributed by atoms with Gasteiger partial charge in [-0.15, -0.1) is 11.6 Å². The summed E-state index contributed by atoms with van der Waals surface area (Å²) in [4.78, 5) is 0.143. The molecule has 17 heavy (non-hydrogen) atoms. The van der Waals surface area contributed by atoms with Crippen LogP contribution in [-0.4, -0.2) is 34.3 Å². The molecule has 0 unspecified atom stereocenters. The normalized spacial score (nSPS) is 11.2. The van der Waals surface area contributed by atoms with Gasteiger partial charge in [0, 0.05) is 11.9 Å². The number of halogens is 1. The lowest BCUT2D eigenvalue weighted by atomic mass is 10.3. The van der Waals surface area contributed by atoms with Crippen LogP contribution in [0.3, 0.4) is 0 Å². The van der Waals surface area contributed by atoms with E-state index in [0.717, 1.165) is 0 Å². The number of hydrogen-bond donors (Lipinski definition) is 0. The van der Waals surface area contributed by atoms with Gasteiger partial charge in [0.1, 0.15) is 16.4 Å². The van der Waals surface area contributed by atoms with Crippen LogP contribution in [0.25, 0.3) is 0 Å². The molecule has 0 N–H and O–H groups in total.